The number of carbonyl (C=O) groups excluding carboxylic acids is 1. The number of sulfonamides is 1. The zero-order valence-electron chi connectivity index (χ0n) is 13.9. The SMILES string of the molecule is CCCC(NS(=O)(=O)c1ccccc1)C(=O)N[C@]1(O)CC(C)CO1. The minimum Gasteiger partial charge on any atom is -0.349 e. The quantitative estimate of drug-likeness (QED) is 0.631. The van der Waals surface area contributed by atoms with E-state index in [1.165, 1.54) is 12.1 Å². The minimum atomic E-state index is -3.82. The Labute approximate surface area is 142 Å². The van der Waals surface area contributed by atoms with Crippen LogP contribution in [0.2, 0.25) is 0 Å². The molecular weight excluding hydrogens is 332 g/mol. The van der Waals surface area contributed by atoms with E-state index in [0.29, 0.717) is 19.4 Å². The third kappa shape index (κ3) is 4.76. The summed E-state index contributed by atoms with van der Waals surface area (Å²) >= 11 is 0. The molecule has 1 amide bonds. The van der Waals surface area contributed by atoms with Crippen LogP contribution in [0.5, 0.6) is 0 Å². The van der Waals surface area contributed by atoms with Gasteiger partial charge in [-0.25, -0.2) is 8.42 Å². The Morgan fingerprint density at radius 3 is 2.62 bits per heavy atom. The summed E-state index contributed by atoms with van der Waals surface area (Å²) in [4.78, 5) is 12.5. The molecule has 1 aromatic rings. The van der Waals surface area contributed by atoms with Crippen LogP contribution in [-0.4, -0.2) is 38.0 Å². The Morgan fingerprint density at radius 2 is 2.08 bits per heavy atom. The highest BCUT2D eigenvalue weighted by Crippen LogP contribution is 2.25. The lowest BCUT2D eigenvalue weighted by Crippen LogP contribution is -2.55. The number of amides is 1. The van der Waals surface area contributed by atoms with E-state index in [-0.39, 0.29) is 17.2 Å². The van der Waals surface area contributed by atoms with Crippen LogP contribution in [-0.2, 0) is 19.6 Å². The number of benzene rings is 1. The van der Waals surface area contributed by atoms with Crippen molar-refractivity contribution in [3.8, 4) is 0 Å². The van der Waals surface area contributed by atoms with Crippen LogP contribution in [0.15, 0.2) is 35.2 Å². The highest BCUT2D eigenvalue weighted by atomic mass is 32.2. The predicted molar refractivity (Wildman–Crippen MR) is 88.3 cm³/mol. The molecule has 2 rings (SSSR count). The Balaban J connectivity index is 2.10. The van der Waals surface area contributed by atoms with Gasteiger partial charge in [0.05, 0.1) is 11.5 Å². The number of aliphatic hydroxyl groups is 1. The maximum atomic E-state index is 12.4. The molecule has 2 unspecified atom stereocenters. The highest BCUT2D eigenvalue weighted by Gasteiger charge is 2.40. The molecule has 0 bridgehead atoms. The number of rotatable bonds is 7. The average Bonchev–Trinajstić information content (AvgIpc) is 2.86. The van der Waals surface area contributed by atoms with Crippen molar-refractivity contribution in [3.63, 3.8) is 0 Å². The number of ether oxygens (including phenoxy) is 1. The summed E-state index contributed by atoms with van der Waals surface area (Å²) < 4.78 is 32.4. The normalized spacial score (nSPS) is 25.4. The van der Waals surface area contributed by atoms with E-state index in [9.17, 15) is 18.3 Å². The second kappa shape index (κ2) is 7.60. The van der Waals surface area contributed by atoms with Crippen LogP contribution in [0.1, 0.15) is 33.1 Å². The van der Waals surface area contributed by atoms with Crippen molar-refractivity contribution in [2.45, 2.75) is 50.0 Å². The number of nitrogens with one attached hydrogen (secondary N) is 2. The van der Waals surface area contributed by atoms with Crippen molar-refractivity contribution < 1.29 is 23.1 Å². The summed E-state index contributed by atoms with van der Waals surface area (Å²) in [6.07, 6.45) is 1.18. The molecule has 1 heterocycles. The van der Waals surface area contributed by atoms with Crippen molar-refractivity contribution in [1.29, 1.82) is 0 Å². The molecule has 1 aliphatic heterocycles. The summed E-state index contributed by atoms with van der Waals surface area (Å²) in [5.41, 5.74) is 0. The van der Waals surface area contributed by atoms with Gasteiger partial charge in [-0.2, -0.15) is 4.72 Å². The van der Waals surface area contributed by atoms with Crippen molar-refractivity contribution in [2.75, 3.05) is 6.61 Å². The first-order valence-electron chi connectivity index (χ1n) is 8.01. The molecular formula is C16H24N2O5S. The van der Waals surface area contributed by atoms with Gasteiger partial charge in [-0.15, -0.1) is 0 Å². The predicted octanol–water partition coefficient (Wildman–Crippen LogP) is 0.952. The molecule has 0 saturated carbocycles. The summed E-state index contributed by atoms with van der Waals surface area (Å²) in [6.45, 7) is 4.08. The number of carbonyl (C=O) groups is 1. The topological polar surface area (TPSA) is 105 Å². The third-order valence-corrected chi connectivity index (χ3v) is 5.28. The van der Waals surface area contributed by atoms with Gasteiger partial charge in [0.25, 0.3) is 0 Å². The number of hydrogen-bond acceptors (Lipinski definition) is 5. The molecule has 7 nitrogen and oxygen atoms in total. The molecule has 0 spiro atoms. The summed E-state index contributed by atoms with van der Waals surface area (Å²) in [6, 6.07) is 6.86. The van der Waals surface area contributed by atoms with Gasteiger partial charge in [0, 0.05) is 6.42 Å². The van der Waals surface area contributed by atoms with E-state index in [0.717, 1.165) is 0 Å². The first-order chi connectivity index (χ1) is 11.3. The Bertz CT molecular complexity index is 664. The Hall–Kier alpha value is -1.48. The molecule has 0 aromatic heterocycles. The standard InChI is InChI=1S/C16H24N2O5S/c1-3-7-14(15(19)17-16(20)10-12(2)11-23-16)18-24(21,22)13-8-5-4-6-9-13/h4-6,8-9,12,14,18,20H,3,7,10-11H2,1-2H3,(H,17,19)/t12?,14?,16-/m0/s1. The molecule has 1 aromatic carbocycles. The molecule has 0 aliphatic carbocycles. The second-order valence-electron chi connectivity index (χ2n) is 6.17. The van der Waals surface area contributed by atoms with E-state index in [2.05, 4.69) is 10.0 Å². The van der Waals surface area contributed by atoms with Gasteiger partial charge in [0.1, 0.15) is 6.04 Å². The Kier molecular flexibility index (Phi) is 5.97. The zero-order valence-corrected chi connectivity index (χ0v) is 14.7. The van der Waals surface area contributed by atoms with E-state index in [1.807, 2.05) is 13.8 Å². The lowest BCUT2D eigenvalue weighted by molar-refractivity contribution is -0.197. The van der Waals surface area contributed by atoms with Crippen molar-refractivity contribution in [3.05, 3.63) is 30.3 Å². The van der Waals surface area contributed by atoms with Crippen LogP contribution < -0.4 is 10.0 Å². The van der Waals surface area contributed by atoms with Crippen molar-refractivity contribution >= 4 is 15.9 Å². The van der Waals surface area contributed by atoms with Gasteiger partial charge in [0.15, 0.2) is 0 Å². The van der Waals surface area contributed by atoms with E-state index >= 15 is 0 Å². The second-order valence-corrected chi connectivity index (χ2v) is 7.88. The van der Waals surface area contributed by atoms with Crippen LogP contribution >= 0.6 is 0 Å². The van der Waals surface area contributed by atoms with Gasteiger partial charge >= 0.3 is 0 Å². The summed E-state index contributed by atoms with van der Waals surface area (Å²) in [5.74, 6) is -2.23. The van der Waals surface area contributed by atoms with Crippen LogP contribution in [0.3, 0.4) is 0 Å². The largest absolute Gasteiger partial charge is 0.349 e. The lowest BCUT2D eigenvalue weighted by atomic mass is 10.1. The number of hydrogen-bond donors (Lipinski definition) is 3. The van der Waals surface area contributed by atoms with Crippen molar-refractivity contribution in [2.24, 2.45) is 5.92 Å². The van der Waals surface area contributed by atoms with Crippen LogP contribution in [0.25, 0.3) is 0 Å². The molecule has 134 valence electrons. The minimum absolute atomic E-state index is 0.0864. The third-order valence-electron chi connectivity index (χ3n) is 3.80. The smallest absolute Gasteiger partial charge is 0.249 e. The molecule has 8 heteroatoms. The van der Waals surface area contributed by atoms with Gasteiger partial charge < -0.3 is 15.2 Å². The lowest BCUT2D eigenvalue weighted by Gasteiger charge is -2.26. The molecule has 1 saturated heterocycles. The van der Waals surface area contributed by atoms with Gasteiger partial charge in [-0.3, -0.25) is 4.79 Å². The summed E-state index contributed by atoms with van der Waals surface area (Å²) in [7, 11) is -3.82. The molecule has 1 fully saturated rings. The fraction of sp³-hybridized carbons (Fsp3) is 0.562. The first kappa shape index (κ1) is 18.9. The fourth-order valence-corrected chi connectivity index (χ4v) is 3.88. The fourth-order valence-electron chi connectivity index (χ4n) is 2.62. The van der Waals surface area contributed by atoms with Gasteiger partial charge in [-0.05, 0) is 24.5 Å². The monoisotopic (exact) mass is 356 g/mol. The van der Waals surface area contributed by atoms with Crippen LogP contribution in [0, 0.1) is 5.92 Å². The van der Waals surface area contributed by atoms with Crippen LogP contribution in [0.4, 0.5) is 0 Å². The highest BCUT2D eigenvalue weighted by molar-refractivity contribution is 7.89. The zero-order chi connectivity index (χ0) is 17.8. The Morgan fingerprint density at radius 1 is 1.42 bits per heavy atom. The summed E-state index contributed by atoms with van der Waals surface area (Å²) in [5, 5.41) is 12.6. The molecule has 3 N–H and O–H groups in total. The van der Waals surface area contributed by atoms with Gasteiger partial charge in [-0.1, -0.05) is 38.5 Å². The molecule has 3 atom stereocenters. The maximum absolute atomic E-state index is 12.4. The average molecular weight is 356 g/mol. The van der Waals surface area contributed by atoms with Crippen molar-refractivity contribution in [1.82, 2.24) is 10.0 Å². The molecule has 0 radical (unpaired) electrons. The van der Waals surface area contributed by atoms with E-state index < -0.39 is 27.9 Å². The molecule has 24 heavy (non-hydrogen) atoms. The maximum Gasteiger partial charge on any atom is 0.249 e. The molecule has 1 aliphatic rings. The van der Waals surface area contributed by atoms with E-state index in [4.69, 9.17) is 4.74 Å². The van der Waals surface area contributed by atoms with E-state index in [1.54, 1.807) is 18.2 Å². The first-order valence-corrected chi connectivity index (χ1v) is 9.50. The van der Waals surface area contributed by atoms with Gasteiger partial charge in [0.2, 0.25) is 21.8 Å².